The van der Waals surface area contributed by atoms with Crippen LogP contribution < -0.4 is 11.1 Å². The second-order valence-corrected chi connectivity index (χ2v) is 6.11. The number of hydrogen-bond acceptors (Lipinski definition) is 2. The quantitative estimate of drug-likeness (QED) is 0.877. The summed E-state index contributed by atoms with van der Waals surface area (Å²) in [4.78, 5) is 12.0. The highest BCUT2D eigenvalue weighted by Crippen LogP contribution is 2.43. The molecule has 3 unspecified atom stereocenters. The molecule has 1 aromatic rings. The highest BCUT2D eigenvalue weighted by molar-refractivity contribution is 6.33. The van der Waals surface area contributed by atoms with Gasteiger partial charge in [-0.25, -0.2) is 0 Å². The molecule has 1 aliphatic rings. The summed E-state index contributed by atoms with van der Waals surface area (Å²) in [6.45, 7) is 8.23. The molecule has 110 valence electrons. The van der Waals surface area contributed by atoms with E-state index in [-0.39, 0.29) is 17.9 Å². The summed E-state index contributed by atoms with van der Waals surface area (Å²) < 4.78 is 0. The highest BCUT2D eigenvalue weighted by Gasteiger charge is 2.33. The predicted octanol–water partition coefficient (Wildman–Crippen LogP) is 4.14. The van der Waals surface area contributed by atoms with Gasteiger partial charge in [-0.2, -0.15) is 0 Å². The lowest BCUT2D eigenvalue weighted by Crippen LogP contribution is -2.19. The molecule has 1 aromatic carbocycles. The van der Waals surface area contributed by atoms with Gasteiger partial charge in [-0.1, -0.05) is 38.8 Å². The largest absolute Gasteiger partial charge is 0.325 e. The smallest absolute Gasteiger partial charge is 0.232 e. The minimum Gasteiger partial charge on any atom is -0.325 e. The summed E-state index contributed by atoms with van der Waals surface area (Å²) in [6, 6.07) is 1.94. The molecule has 0 spiro atoms. The zero-order valence-corrected chi connectivity index (χ0v) is 13.3. The van der Waals surface area contributed by atoms with E-state index < -0.39 is 0 Å². The molecule has 0 radical (unpaired) electrons. The fraction of sp³-hybridized carbons (Fsp3) is 0.562. The molecule has 0 bridgehead atoms. The predicted molar refractivity (Wildman–Crippen MR) is 84.2 cm³/mol. The van der Waals surface area contributed by atoms with Crippen LogP contribution in [0.15, 0.2) is 6.07 Å². The van der Waals surface area contributed by atoms with Crippen molar-refractivity contribution in [2.75, 3.05) is 5.32 Å². The summed E-state index contributed by atoms with van der Waals surface area (Å²) in [5.41, 5.74) is 10.2. The number of nitrogens with one attached hydrogen (secondary N) is 1. The van der Waals surface area contributed by atoms with Crippen molar-refractivity contribution in [1.82, 2.24) is 0 Å². The van der Waals surface area contributed by atoms with Gasteiger partial charge >= 0.3 is 0 Å². The zero-order valence-electron chi connectivity index (χ0n) is 12.6. The standard InChI is InChI=1S/C16H23ClN2O/c1-5-8(3)14(18)12-7-11-10(6-2)16(20)19-15(11)9(4)13(12)17/h7-8,10,14H,5-6,18H2,1-4H3,(H,19,20). The Labute approximate surface area is 125 Å². The van der Waals surface area contributed by atoms with Crippen molar-refractivity contribution in [2.45, 2.75) is 52.5 Å². The molecular formula is C16H23ClN2O. The van der Waals surface area contributed by atoms with Gasteiger partial charge in [0.05, 0.1) is 10.9 Å². The molecular weight excluding hydrogens is 272 g/mol. The van der Waals surface area contributed by atoms with Crippen LogP contribution in [-0.4, -0.2) is 5.91 Å². The van der Waals surface area contributed by atoms with Crippen LogP contribution in [0.25, 0.3) is 0 Å². The van der Waals surface area contributed by atoms with Crippen molar-refractivity contribution in [3.8, 4) is 0 Å². The summed E-state index contributed by atoms with van der Waals surface area (Å²) in [6.07, 6.45) is 1.79. The number of carbonyl (C=O) groups is 1. The molecule has 2 rings (SSSR count). The summed E-state index contributed by atoms with van der Waals surface area (Å²) in [5.74, 6) is 0.342. The molecule has 0 saturated heterocycles. The molecule has 3 nitrogen and oxygen atoms in total. The van der Waals surface area contributed by atoms with Crippen LogP contribution in [0.3, 0.4) is 0 Å². The topological polar surface area (TPSA) is 55.1 Å². The van der Waals surface area contributed by atoms with Crippen molar-refractivity contribution in [1.29, 1.82) is 0 Å². The maximum Gasteiger partial charge on any atom is 0.232 e. The Morgan fingerprint density at radius 2 is 2.10 bits per heavy atom. The van der Waals surface area contributed by atoms with E-state index in [0.29, 0.717) is 10.9 Å². The van der Waals surface area contributed by atoms with E-state index in [9.17, 15) is 4.79 Å². The second-order valence-electron chi connectivity index (χ2n) is 5.73. The number of rotatable bonds is 4. The summed E-state index contributed by atoms with van der Waals surface area (Å²) in [5, 5.41) is 3.64. The van der Waals surface area contributed by atoms with Gasteiger partial charge in [0.25, 0.3) is 0 Å². The van der Waals surface area contributed by atoms with E-state index >= 15 is 0 Å². The van der Waals surface area contributed by atoms with Crippen LogP contribution in [0, 0.1) is 12.8 Å². The number of hydrogen-bond donors (Lipinski definition) is 2. The first kappa shape index (κ1) is 15.3. The van der Waals surface area contributed by atoms with Crippen LogP contribution in [0.4, 0.5) is 5.69 Å². The Morgan fingerprint density at radius 3 is 2.65 bits per heavy atom. The van der Waals surface area contributed by atoms with Crippen molar-refractivity contribution < 1.29 is 4.79 Å². The van der Waals surface area contributed by atoms with Crippen molar-refractivity contribution >= 4 is 23.2 Å². The third-order valence-electron chi connectivity index (χ3n) is 4.52. The fourth-order valence-electron chi connectivity index (χ4n) is 2.85. The molecule has 20 heavy (non-hydrogen) atoms. The first-order valence-corrected chi connectivity index (χ1v) is 7.69. The number of halogens is 1. The molecule has 1 heterocycles. The molecule has 0 saturated carbocycles. The van der Waals surface area contributed by atoms with E-state index in [2.05, 4.69) is 19.2 Å². The Balaban J connectivity index is 2.55. The Hall–Kier alpha value is -1.06. The number of carbonyl (C=O) groups excluding carboxylic acids is 1. The minimum atomic E-state index is -0.0929. The molecule has 1 aliphatic heterocycles. The highest BCUT2D eigenvalue weighted by atomic mass is 35.5. The number of fused-ring (bicyclic) bond motifs is 1. The van der Waals surface area contributed by atoms with Crippen LogP contribution >= 0.6 is 11.6 Å². The van der Waals surface area contributed by atoms with Crippen LogP contribution in [0.5, 0.6) is 0 Å². The monoisotopic (exact) mass is 294 g/mol. The van der Waals surface area contributed by atoms with Crippen molar-refractivity contribution in [3.05, 3.63) is 27.8 Å². The number of benzene rings is 1. The van der Waals surface area contributed by atoms with E-state index in [4.69, 9.17) is 17.3 Å². The third kappa shape index (κ3) is 2.33. The van der Waals surface area contributed by atoms with Gasteiger partial charge in [-0.3, -0.25) is 4.79 Å². The average molecular weight is 295 g/mol. The van der Waals surface area contributed by atoms with Gasteiger partial charge < -0.3 is 11.1 Å². The van der Waals surface area contributed by atoms with Crippen LogP contribution in [0.1, 0.15) is 62.3 Å². The van der Waals surface area contributed by atoms with Gasteiger partial charge in [0.15, 0.2) is 0 Å². The lowest BCUT2D eigenvalue weighted by Gasteiger charge is -2.22. The maximum atomic E-state index is 12.0. The third-order valence-corrected chi connectivity index (χ3v) is 5.02. The minimum absolute atomic E-state index is 0.0657. The van der Waals surface area contributed by atoms with Crippen molar-refractivity contribution in [2.24, 2.45) is 11.7 Å². The first-order valence-electron chi connectivity index (χ1n) is 7.31. The van der Waals surface area contributed by atoms with Crippen LogP contribution in [0.2, 0.25) is 5.02 Å². The van der Waals surface area contributed by atoms with Gasteiger partial charge in [0.1, 0.15) is 0 Å². The van der Waals surface area contributed by atoms with E-state index in [1.807, 2.05) is 19.9 Å². The molecule has 3 N–H and O–H groups in total. The molecule has 0 aromatic heterocycles. The SMILES string of the molecule is CCC1C(=O)Nc2c1cc(C(N)C(C)CC)c(Cl)c2C. The number of anilines is 1. The fourth-order valence-corrected chi connectivity index (χ4v) is 3.12. The Morgan fingerprint density at radius 1 is 1.45 bits per heavy atom. The second kappa shape index (κ2) is 5.74. The molecule has 3 atom stereocenters. The molecule has 4 heteroatoms. The maximum absolute atomic E-state index is 12.0. The number of nitrogens with two attached hydrogens (primary N) is 1. The average Bonchev–Trinajstić information content (AvgIpc) is 2.76. The normalized spacial score (nSPS) is 20.5. The van der Waals surface area contributed by atoms with Gasteiger partial charge in [-0.15, -0.1) is 0 Å². The lowest BCUT2D eigenvalue weighted by molar-refractivity contribution is -0.117. The van der Waals surface area contributed by atoms with E-state index in [1.165, 1.54) is 0 Å². The van der Waals surface area contributed by atoms with Gasteiger partial charge in [0, 0.05) is 11.7 Å². The zero-order chi connectivity index (χ0) is 15.0. The molecule has 0 aliphatic carbocycles. The Kier molecular flexibility index (Phi) is 4.40. The van der Waals surface area contributed by atoms with E-state index in [1.54, 1.807) is 0 Å². The van der Waals surface area contributed by atoms with Crippen LogP contribution in [-0.2, 0) is 4.79 Å². The number of amides is 1. The Bertz CT molecular complexity index is 542. The first-order chi connectivity index (χ1) is 9.42. The lowest BCUT2D eigenvalue weighted by atomic mass is 9.88. The van der Waals surface area contributed by atoms with Gasteiger partial charge in [0.2, 0.25) is 5.91 Å². The van der Waals surface area contributed by atoms with E-state index in [0.717, 1.165) is 35.2 Å². The summed E-state index contributed by atoms with van der Waals surface area (Å²) >= 11 is 6.48. The van der Waals surface area contributed by atoms with Crippen molar-refractivity contribution in [3.63, 3.8) is 0 Å². The molecule has 1 amide bonds. The van der Waals surface area contributed by atoms with Gasteiger partial charge in [-0.05, 0) is 42.0 Å². The summed E-state index contributed by atoms with van der Waals surface area (Å²) in [7, 11) is 0. The molecule has 0 fully saturated rings.